The highest BCUT2D eigenvalue weighted by molar-refractivity contribution is 5.99. The molecule has 1 aromatic carbocycles. The molecule has 1 aliphatic rings. The third-order valence-corrected chi connectivity index (χ3v) is 4.46. The van der Waals surface area contributed by atoms with E-state index in [0.717, 1.165) is 13.1 Å². The molecule has 0 aliphatic carbocycles. The average Bonchev–Trinajstić information content (AvgIpc) is 3.14. The number of nitrogens with one attached hydrogen (secondary N) is 2. The van der Waals surface area contributed by atoms with E-state index in [1.807, 2.05) is 18.2 Å². The minimum Gasteiger partial charge on any atom is -0.379 e. The molecule has 1 unspecified atom stereocenters. The first-order chi connectivity index (χ1) is 12.1. The van der Waals surface area contributed by atoms with Crippen LogP contribution in [0.1, 0.15) is 39.4 Å². The van der Waals surface area contributed by atoms with Crippen molar-refractivity contribution in [2.75, 3.05) is 32.8 Å². The number of nitrogens with zero attached hydrogens (tertiary/aromatic N) is 1. The Balaban J connectivity index is 1.69. The molecule has 1 aliphatic heterocycles. The van der Waals surface area contributed by atoms with Crippen molar-refractivity contribution in [3.8, 4) is 0 Å². The third kappa shape index (κ3) is 4.35. The van der Waals surface area contributed by atoms with Gasteiger partial charge in [0.25, 0.3) is 5.91 Å². The van der Waals surface area contributed by atoms with Gasteiger partial charge in [-0.2, -0.15) is 0 Å². The van der Waals surface area contributed by atoms with Crippen LogP contribution < -0.4 is 5.32 Å². The lowest BCUT2D eigenvalue weighted by molar-refractivity contribution is 0.0162. The van der Waals surface area contributed by atoms with Crippen LogP contribution in [0.4, 0.5) is 0 Å². The molecule has 6 nitrogen and oxygen atoms in total. The summed E-state index contributed by atoms with van der Waals surface area (Å²) in [5.74, 6) is -0.271. The van der Waals surface area contributed by atoms with E-state index in [2.05, 4.69) is 27.3 Å². The highest BCUT2D eigenvalue weighted by Gasteiger charge is 2.23. The first-order valence-corrected chi connectivity index (χ1v) is 8.49. The number of hydrogen-bond acceptors (Lipinski definition) is 4. The lowest BCUT2D eigenvalue weighted by atomic mass is 10.0. The highest BCUT2D eigenvalue weighted by atomic mass is 16.5. The maximum absolute atomic E-state index is 12.4. The second-order valence-electron chi connectivity index (χ2n) is 6.14. The number of ketones is 1. The fourth-order valence-corrected chi connectivity index (χ4v) is 3.04. The van der Waals surface area contributed by atoms with E-state index in [9.17, 15) is 9.59 Å². The van der Waals surface area contributed by atoms with E-state index >= 15 is 0 Å². The van der Waals surface area contributed by atoms with Gasteiger partial charge < -0.3 is 15.0 Å². The maximum Gasteiger partial charge on any atom is 0.267 e. The number of hydrogen-bond donors (Lipinski definition) is 2. The zero-order chi connectivity index (χ0) is 17.6. The number of ether oxygens (including phenoxy) is 1. The molecule has 2 N–H and O–H groups in total. The molecule has 0 radical (unpaired) electrons. The van der Waals surface area contributed by atoms with Crippen LogP contribution in [0.25, 0.3) is 0 Å². The Morgan fingerprint density at radius 1 is 1.24 bits per heavy atom. The van der Waals surface area contributed by atoms with Gasteiger partial charge in [0.1, 0.15) is 5.69 Å². The number of H-pyrrole nitrogens is 1. The van der Waals surface area contributed by atoms with Crippen molar-refractivity contribution in [2.45, 2.75) is 13.0 Å². The lowest BCUT2D eigenvalue weighted by Crippen LogP contribution is -2.43. The Bertz CT molecular complexity index is 721. The first kappa shape index (κ1) is 17.4. The number of aromatic nitrogens is 1. The first-order valence-electron chi connectivity index (χ1n) is 8.49. The van der Waals surface area contributed by atoms with Crippen molar-refractivity contribution in [1.82, 2.24) is 15.2 Å². The number of carbonyl (C=O) groups excluding carboxylic acids is 2. The maximum atomic E-state index is 12.4. The number of rotatable bonds is 6. The summed E-state index contributed by atoms with van der Waals surface area (Å²) in [6, 6.07) is 11.8. The van der Waals surface area contributed by atoms with Gasteiger partial charge in [-0.05, 0) is 18.6 Å². The smallest absolute Gasteiger partial charge is 0.267 e. The summed E-state index contributed by atoms with van der Waals surface area (Å²) in [5, 5.41) is 2.98. The van der Waals surface area contributed by atoms with Crippen LogP contribution in [-0.4, -0.2) is 54.4 Å². The third-order valence-electron chi connectivity index (χ3n) is 4.46. The number of amides is 1. The molecule has 0 bridgehead atoms. The predicted molar refractivity (Wildman–Crippen MR) is 94.7 cm³/mol. The highest BCUT2D eigenvalue weighted by Crippen LogP contribution is 2.21. The van der Waals surface area contributed by atoms with Crippen molar-refractivity contribution < 1.29 is 14.3 Å². The van der Waals surface area contributed by atoms with Crippen LogP contribution in [0.2, 0.25) is 0 Å². The van der Waals surface area contributed by atoms with Crippen LogP contribution >= 0.6 is 0 Å². The standard InChI is InChI=1S/C19H23N3O3/c1-14(23)16-11-17(20-12-16)19(24)21-13-18(15-5-3-2-4-6-15)22-7-9-25-10-8-22/h2-6,11-12,18,20H,7-10,13H2,1H3,(H,21,24). The van der Waals surface area contributed by atoms with Gasteiger partial charge in [0.15, 0.2) is 5.78 Å². The molecule has 2 heterocycles. The fourth-order valence-electron chi connectivity index (χ4n) is 3.04. The lowest BCUT2D eigenvalue weighted by Gasteiger charge is -2.34. The van der Waals surface area contributed by atoms with Crippen molar-refractivity contribution >= 4 is 11.7 Å². The molecule has 1 atom stereocenters. The number of aromatic amines is 1. The molecule has 1 saturated heterocycles. The SMILES string of the molecule is CC(=O)c1c[nH]c(C(=O)NCC(c2ccccc2)N2CCOCC2)c1. The minimum atomic E-state index is -0.207. The quantitative estimate of drug-likeness (QED) is 0.789. The van der Waals surface area contributed by atoms with E-state index in [4.69, 9.17) is 4.74 Å². The number of carbonyl (C=O) groups is 2. The number of morpholine rings is 1. The molecule has 0 spiro atoms. The van der Waals surface area contributed by atoms with E-state index in [1.165, 1.54) is 12.5 Å². The summed E-state index contributed by atoms with van der Waals surface area (Å²) in [6.07, 6.45) is 1.56. The Morgan fingerprint density at radius 3 is 2.60 bits per heavy atom. The van der Waals surface area contributed by atoms with Gasteiger partial charge in [0, 0.05) is 31.4 Å². The van der Waals surface area contributed by atoms with E-state index in [0.29, 0.717) is 31.0 Å². The topological polar surface area (TPSA) is 74.4 Å². The molecule has 1 aromatic heterocycles. The van der Waals surface area contributed by atoms with Crippen LogP contribution in [0, 0.1) is 0 Å². The predicted octanol–water partition coefficient (Wildman–Crippen LogP) is 2.02. The summed E-state index contributed by atoms with van der Waals surface area (Å²) in [5.41, 5.74) is 2.08. The Labute approximate surface area is 147 Å². The van der Waals surface area contributed by atoms with E-state index in [-0.39, 0.29) is 17.7 Å². The van der Waals surface area contributed by atoms with Gasteiger partial charge in [-0.15, -0.1) is 0 Å². The van der Waals surface area contributed by atoms with Crippen LogP contribution in [0.15, 0.2) is 42.6 Å². The molecule has 3 rings (SSSR count). The van der Waals surface area contributed by atoms with Gasteiger partial charge in [-0.1, -0.05) is 30.3 Å². The second kappa shape index (κ2) is 8.09. The van der Waals surface area contributed by atoms with Crippen molar-refractivity contribution in [3.63, 3.8) is 0 Å². The summed E-state index contributed by atoms with van der Waals surface area (Å²) in [4.78, 5) is 29.0. The normalized spacial score (nSPS) is 16.4. The summed E-state index contributed by atoms with van der Waals surface area (Å²) < 4.78 is 5.44. The average molecular weight is 341 g/mol. The van der Waals surface area contributed by atoms with Crippen LogP contribution in [-0.2, 0) is 4.74 Å². The Kier molecular flexibility index (Phi) is 5.63. The molecular weight excluding hydrogens is 318 g/mol. The van der Waals surface area contributed by atoms with Crippen LogP contribution in [0.3, 0.4) is 0 Å². The fraction of sp³-hybridized carbons (Fsp3) is 0.368. The van der Waals surface area contributed by atoms with Gasteiger partial charge in [0.2, 0.25) is 0 Å². The van der Waals surface area contributed by atoms with E-state index < -0.39 is 0 Å². The van der Waals surface area contributed by atoms with Gasteiger partial charge in [-0.3, -0.25) is 14.5 Å². The zero-order valence-electron chi connectivity index (χ0n) is 14.3. The van der Waals surface area contributed by atoms with E-state index in [1.54, 1.807) is 12.3 Å². The van der Waals surface area contributed by atoms with Crippen molar-refractivity contribution in [1.29, 1.82) is 0 Å². The van der Waals surface area contributed by atoms with Crippen molar-refractivity contribution in [2.24, 2.45) is 0 Å². The van der Waals surface area contributed by atoms with Gasteiger partial charge in [0.05, 0.1) is 19.3 Å². The zero-order valence-corrected chi connectivity index (χ0v) is 14.3. The van der Waals surface area contributed by atoms with Crippen LogP contribution in [0.5, 0.6) is 0 Å². The molecule has 25 heavy (non-hydrogen) atoms. The molecular formula is C19H23N3O3. The molecule has 6 heteroatoms. The molecule has 0 saturated carbocycles. The summed E-state index contributed by atoms with van der Waals surface area (Å²) >= 11 is 0. The van der Waals surface area contributed by atoms with Crippen molar-refractivity contribution in [3.05, 3.63) is 59.4 Å². The number of Topliss-reactive ketones (excluding diaryl/α,β-unsaturated/α-hetero) is 1. The monoisotopic (exact) mass is 341 g/mol. The summed E-state index contributed by atoms with van der Waals surface area (Å²) in [7, 11) is 0. The molecule has 2 aromatic rings. The number of benzene rings is 1. The van der Waals surface area contributed by atoms with Gasteiger partial charge in [-0.25, -0.2) is 0 Å². The minimum absolute atomic E-state index is 0.0641. The molecule has 1 fully saturated rings. The molecule has 1 amide bonds. The second-order valence-corrected chi connectivity index (χ2v) is 6.14. The summed E-state index contributed by atoms with van der Waals surface area (Å²) in [6.45, 7) is 5.07. The molecule has 132 valence electrons. The largest absolute Gasteiger partial charge is 0.379 e. The Morgan fingerprint density at radius 2 is 1.96 bits per heavy atom. The Hall–Kier alpha value is -2.44. The van der Waals surface area contributed by atoms with Gasteiger partial charge >= 0.3 is 0 Å².